The predicted molar refractivity (Wildman–Crippen MR) is 82.5 cm³/mol. The fraction of sp³-hybridized carbons (Fsp3) is 0.417. The first-order valence-corrected chi connectivity index (χ1v) is 7.71. The molecule has 1 amide bonds. The molecular formula is C12H20ClN3O3S. The number of para-hydroxylation sites is 1. The number of sulfonamides is 1. The minimum absolute atomic E-state index is 0. The Labute approximate surface area is 125 Å². The second-order valence-corrected chi connectivity index (χ2v) is 6.09. The largest absolute Gasteiger partial charge is 0.398 e. The van der Waals surface area contributed by atoms with Crippen LogP contribution in [-0.4, -0.2) is 33.2 Å². The van der Waals surface area contributed by atoms with Gasteiger partial charge >= 0.3 is 0 Å². The zero-order chi connectivity index (χ0) is 14.3. The summed E-state index contributed by atoms with van der Waals surface area (Å²) in [7, 11) is -3.16. The highest BCUT2D eigenvalue weighted by molar-refractivity contribution is 7.89. The number of anilines is 1. The van der Waals surface area contributed by atoms with Crippen molar-refractivity contribution in [3.8, 4) is 0 Å². The molecule has 0 aliphatic rings. The molecule has 0 saturated carbocycles. The normalized spacial score (nSPS) is 10.7. The van der Waals surface area contributed by atoms with Crippen LogP contribution in [0.25, 0.3) is 0 Å². The van der Waals surface area contributed by atoms with Crippen LogP contribution < -0.4 is 15.8 Å². The molecule has 1 aromatic carbocycles. The summed E-state index contributed by atoms with van der Waals surface area (Å²) in [5.74, 6) is -0.198. The van der Waals surface area contributed by atoms with Gasteiger partial charge in [0, 0.05) is 18.8 Å². The SMILES string of the molecule is CCS(=O)(=O)NCCCNC(=O)c1ccccc1N.Cl. The summed E-state index contributed by atoms with van der Waals surface area (Å²) in [5.41, 5.74) is 6.52. The van der Waals surface area contributed by atoms with Crippen molar-refractivity contribution in [2.24, 2.45) is 0 Å². The lowest BCUT2D eigenvalue weighted by atomic mass is 10.1. The number of rotatable bonds is 7. The molecule has 114 valence electrons. The van der Waals surface area contributed by atoms with E-state index in [-0.39, 0.29) is 24.1 Å². The standard InChI is InChI=1S/C12H19N3O3S.ClH/c1-2-19(17,18)15-9-5-8-14-12(16)10-6-3-4-7-11(10)13;/h3-4,6-7,15H,2,5,8-9,13H2,1H3,(H,14,16);1H. The topological polar surface area (TPSA) is 101 Å². The Kier molecular flexibility index (Phi) is 8.21. The third kappa shape index (κ3) is 6.23. The molecule has 8 heteroatoms. The quantitative estimate of drug-likeness (QED) is 0.509. The Bertz CT molecular complexity index is 535. The van der Waals surface area contributed by atoms with Gasteiger partial charge in [0.1, 0.15) is 0 Å². The fourth-order valence-electron chi connectivity index (χ4n) is 1.42. The van der Waals surface area contributed by atoms with E-state index in [0.717, 1.165) is 0 Å². The predicted octanol–water partition coefficient (Wildman–Crippen LogP) is 0.750. The molecule has 4 N–H and O–H groups in total. The van der Waals surface area contributed by atoms with Gasteiger partial charge in [-0.05, 0) is 25.5 Å². The number of hydrogen-bond acceptors (Lipinski definition) is 4. The van der Waals surface area contributed by atoms with E-state index in [9.17, 15) is 13.2 Å². The van der Waals surface area contributed by atoms with Crippen LogP contribution in [0.3, 0.4) is 0 Å². The van der Waals surface area contributed by atoms with E-state index in [1.165, 1.54) is 0 Å². The monoisotopic (exact) mass is 321 g/mol. The summed E-state index contributed by atoms with van der Waals surface area (Å²) >= 11 is 0. The van der Waals surface area contributed by atoms with Crippen molar-refractivity contribution in [1.82, 2.24) is 10.0 Å². The van der Waals surface area contributed by atoms with Crippen LogP contribution >= 0.6 is 12.4 Å². The second kappa shape index (κ2) is 8.78. The van der Waals surface area contributed by atoms with Crippen LogP contribution in [0.1, 0.15) is 23.7 Å². The highest BCUT2D eigenvalue weighted by Crippen LogP contribution is 2.09. The molecule has 0 aliphatic heterocycles. The molecule has 6 nitrogen and oxygen atoms in total. The Morgan fingerprint density at radius 2 is 1.90 bits per heavy atom. The molecule has 1 aromatic rings. The molecule has 0 atom stereocenters. The van der Waals surface area contributed by atoms with E-state index < -0.39 is 10.0 Å². The minimum atomic E-state index is -3.16. The Balaban J connectivity index is 0.00000361. The molecule has 20 heavy (non-hydrogen) atoms. The first kappa shape index (κ1) is 18.7. The van der Waals surface area contributed by atoms with E-state index >= 15 is 0 Å². The van der Waals surface area contributed by atoms with Crippen LogP contribution in [0.4, 0.5) is 5.69 Å². The fourth-order valence-corrected chi connectivity index (χ4v) is 2.08. The maximum atomic E-state index is 11.8. The minimum Gasteiger partial charge on any atom is -0.398 e. The van der Waals surface area contributed by atoms with Crippen LogP contribution in [0, 0.1) is 0 Å². The highest BCUT2D eigenvalue weighted by atomic mass is 35.5. The van der Waals surface area contributed by atoms with Gasteiger partial charge in [-0.25, -0.2) is 13.1 Å². The number of nitrogens with one attached hydrogen (secondary N) is 2. The Morgan fingerprint density at radius 3 is 2.50 bits per heavy atom. The van der Waals surface area contributed by atoms with Gasteiger partial charge in [-0.15, -0.1) is 12.4 Å². The van der Waals surface area contributed by atoms with Gasteiger partial charge in [0.05, 0.1) is 11.3 Å². The van der Waals surface area contributed by atoms with Gasteiger partial charge in [-0.2, -0.15) is 0 Å². The van der Waals surface area contributed by atoms with Crippen molar-refractivity contribution in [3.63, 3.8) is 0 Å². The van der Waals surface area contributed by atoms with Crippen LogP contribution in [-0.2, 0) is 10.0 Å². The van der Waals surface area contributed by atoms with Crippen molar-refractivity contribution < 1.29 is 13.2 Å². The Hall–Kier alpha value is -1.31. The summed E-state index contributed by atoms with van der Waals surface area (Å²) in [6.07, 6.45) is 0.526. The maximum Gasteiger partial charge on any atom is 0.253 e. The molecule has 0 heterocycles. The van der Waals surface area contributed by atoms with Crippen molar-refractivity contribution in [2.45, 2.75) is 13.3 Å². The lowest BCUT2D eigenvalue weighted by Gasteiger charge is -2.08. The molecule has 0 bridgehead atoms. The number of nitrogen functional groups attached to an aromatic ring is 1. The number of hydrogen-bond donors (Lipinski definition) is 3. The first-order chi connectivity index (χ1) is 8.96. The number of halogens is 1. The number of amides is 1. The third-order valence-electron chi connectivity index (χ3n) is 2.55. The van der Waals surface area contributed by atoms with Gasteiger partial charge in [0.2, 0.25) is 10.0 Å². The van der Waals surface area contributed by atoms with Crippen molar-refractivity contribution in [3.05, 3.63) is 29.8 Å². The van der Waals surface area contributed by atoms with Crippen LogP contribution in [0.2, 0.25) is 0 Å². The average molecular weight is 322 g/mol. The van der Waals surface area contributed by atoms with Gasteiger partial charge in [0.15, 0.2) is 0 Å². The first-order valence-electron chi connectivity index (χ1n) is 6.06. The van der Waals surface area contributed by atoms with Gasteiger partial charge in [0.25, 0.3) is 5.91 Å². The molecule has 0 saturated heterocycles. The molecule has 0 fully saturated rings. The number of nitrogens with two attached hydrogens (primary N) is 1. The smallest absolute Gasteiger partial charge is 0.253 e. The third-order valence-corrected chi connectivity index (χ3v) is 3.95. The zero-order valence-corrected chi connectivity index (χ0v) is 12.9. The lowest BCUT2D eigenvalue weighted by Crippen LogP contribution is -2.30. The van der Waals surface area contributed by atoms with E-state index in [2.05, 4.69) is 10.0 Å². The Morgan fingerprint density at radius 1 is 1.25 bits per heavy atom. The number of carbonyl (C=O) groups is 1. The maximum absolute atomic E-state index is 11.8. The average Bonchev–Trinajstić information content (AvgIpc) is 2.38. The van der Waals surface area contributed by atoms with E-state index in [0.29, 0.717) is 30.8 Å². The molecule has 0 aromatic heterocycles. The molecule has 0 unspecified atom stereocenters. The lowest BCUT2D eigenvalue weighted by molar-refractivity contribution is 0.0954. The van der Waals surface area contributed by atoms with E-state index in [4.69, 9.17) is 5.73 Å². The highest BCUT2D eigenvalue weighted by Gasteiger charge is 2.08. The second-order valence-electron chi connectivity index (χ2n) is 3.99. The zero-order valence-electron chi connectivity index (χ0n) is 11.3. The summed E-state index contributed by atoms with van der Waals surface area (Å²) in [6.45, 7) is 2.27. The summed E-state index contributed by atoms with van der Waals surface area (Å²) in [4.78, 5) is 11.8. The van der Waals surface area contributed by atoms with E-state index in [1.54, 1.807) is 31.2 Å². The van der Waals surface area contributed by atoms with Crippen LogP contribution in [0.15, 0.2) is 24.3 Å². The summed E-state index contributed by atoms with van der Waals surface area (Å²) < 4.78 is 24.7. The van der Waals surface area contributed by atoms with Gasteiger partial charge < -0.3 is 11.1 Å². The molecule has 0 aliphatic carbocycles. The number of carbonyl (C=O) groups excluding carboxylic acids is 1. The van der Waals surface area contributed by atoms with Gasteiger partial charge in [-0.3, -0.25) is 4.79 Å². The molecule has 0 radical (unpaired) electrons. The van der Waals surface area contributed by atoms with Crippen molar-refractivity contribution in [1.29, 1.82) is 0 Å². The van der Waals surface area contributed by atoms with Gasteiger partial charge in [-0.1, -0.05) is 12.1 Å². The van der Waals surface area contributed by atoms with Crippen molar-refractivity contribution in [2.75, 3.05) is 24.6 Å². The van der Waals surface area contributed by atoms with Crippen molar-refractivity contribution >= 4 is 34.0 Å². The van der Waals surface area contributed by atoms with Crippen LogP contribution in [0.5, 0.6) is 0 Å². The number of benzene rings is 1. The van der Waals surface area contributed by atoms with E-state index in [1.807, 2.05) is 0 Å². The molecular weight excluding hydrogens is 302 g/mol. The molecule has 1 rings (SSSR count). The summed E-state index contributed by atoms with van der Waals surface area (Å²) in [5, 5.41) is 2.69. The molecule has 0 spiro atoms. The summed E-state index contributed by atoms with van der Waals surface area (Å²) in [6, 6.07) is 6.79.